The van der Waals surface area contributed by atoms with Gasteiger partial charge in [0, 0.05) is 19.3 Å². The van der Waals surface area contributed by atoms with Crippen LogP contribution in [0.15, 0.2) is 41.6 Å². The topological polar surface area (TPSA) is 55.2 Å². The Morgan fingerprint density at radius 3 is 2.65 bits per heavy atom. The molecule has 23 heavy (non-hydrogen) atoms. The van der Waals surface area contributed by atoms with Gasteiger partial charge in [0.05, 0.1) is 12.2 Å². The smallest absolute Gasteiger partial charge is 0.246 e. The zero-order valence-electron chi connectivity index (χ0n) is 13.0. The summed E-state index contributed by atoms with van der Waals surface area (Å²) < 4.78 is 42.2. The normalized spacial score (nSPS) is 19.8. The lowest BCUT2D eigenvalue weighted by molar-refractivity contribution is 0.256. The van der Waals surface area contributed by atoms with Crippen LogP contribution in [0.5, 0.6) is 0 Å². The number of benzene rings is 1. The van der Waals surface area contributed by atoms with E-state index in [0.717, 1.165) is 24.8 Å². The lowest BCUT2D eigenvalue weighted by Gasteiger charge is -2.34. The van der Waals surface area contributed by atoms with Gasteiger partial charge in [-0.05, 0) is 37.5 Å². The van der Waals surface area contributed by atoms with Crippen LogP contribution in [0.2, 0.25) is 0 Å². The number of hydrogen-bond acceptors (Lipinski definition) is 3. The Hall–Kier alpha value is -1.73. The lowest BCUT2D eigenvalue weighted by atomic mass is 9.97. The van der Waals surface area contributed by atoms with Crippen molar-refractivity contribution in [2.45, 2.75) is 43.7 Å². The van der Waals surface area contributed by atoms with Gasteiger partial charge in [0.15, 0.2) is 0 Å². The van der Waals surface area contributed by atoms with Gasteiger partial charge in [-0.25, -0.2) is 12.8 Å². The molecule has 1 aromatic heterocycles. The first-order chi connectivity index (χ1) is 11.0. The first-order valence-electron chi connectivity index (χ1n) is 7.82. The fraction of sp³-hybridized carbons (Fsp3) is 0.438. The summed E-state index contributed by atoms with van der Waals surface area (Å²) in [5.41, 5.74) is 0.831. The van der Waals surface area contributed by atoms with Crippen molar-refractivity contribution in [1.82, 2.24) is 14.1 Å². The van der Waals surface area contributed by atoms with Crippen LogP contribution in [0.4, 0.5) is 4.39 Å². The molecular weight excluding hydrogens is 317 g/mol. The van der Waals surface area contributed by atoms with Crippen molar-refractivity contribution in [3.8, 4) is 0 Å². The maximum Gasteiger partial charge on any atom is 0.246 e. The molecule has 124 valence electrons. The molecule has 0 unspecified atom stereocenters. The highest BCUT2D eigenvalue weighted by Gasteiger charge is 2.35. The highest BCUT2D eigenvalue weighted by Crippen LogP contribution is 2.35. The largest absolute Gasteiger partial charge is 0.272 e. The Balaban J connectivity index is 1.95. The molecule has 0 aliphatic carbocycles. The predicted molar refractivity (Wildman–Crippen MR) is 84.8 cm³/mol. The third kappa shape index (κ3) is 3.16. The van der Waals surface area contributed by atoms with Crippen LogP contribution in [-0.2, 0) is 16.6 Å². The summed E-state index contributed by atoms with van der Waals surface area (Å²) in [6.07, 6.45) is 5.49. The number of aryl methyl sites for hydroxylation is 1. The molecule has 7 heteroatoms. The van der Waals surface area contributed by atoms with Gasteiger partial charge in [-0.1, -0.05) is 18.6 Å². The van der Waals surface area contributed by atoms with Crippen LogP contribution in [-0.4, -0.2) is 29.0 Å². The lowest BCUT2D eigenvalue weighted by Crippen LogP contribution is -2.38. The standard InChI is InChI=1S/C16H20FN3O2S/c1-2-19-12-15(11-18-19)23(21,22)20-10-4-3-5-16(20)13-6-8-14(17)9-7-13/h6-9,11-12,16H,2-5,10H2,1H3/t16-/m0/s1. The molecule has 0 spiro atoms. The van der Waals surface area contributed by atoms with E-state index in [1.54, 1.807) is 23.0 Å². The van der Waals surface area contributed by atoms with Crippen molar-refractivity contribution in [3.05, 3.63) is 48.0 Å². The molecule has 2 heterocycles. The molecule has 0 radical (unpaired) electrons. The van der Waals surface area contributed by atoms with Crippen LogP contribution in [0, 0.1) is 5.82 Å². The second-order valence-electron chi connectivity index (χ2n) is 5.71. The van der Waals surface area contributed by atoms with E-state index >= 15 is 0 Å². The highest BCUT2D eigenvalue weighted by atomic mass is 32.2. The van der Waals surface area contributed by atoms with Gasteiger partial charge in [-0.3, -0.25) is 4.68 Å². The Labute approximate surface area is 135 Å². The van der Waals surface area contributed by atoms with Gasteiger partial charge in [0.25, 0.3) is 0 Å². The van der Waals surface area contributed by atoms with Crippen molar-refractivity contribution in [1.29, 1.82) is 0 Å². The zero-order valence-corrected chi connectivity index (χ0v) is 13.8. The molecule has 5 nitrogen and oxygen atoms in total. The van der Waals surface area contributed by atoms with Gasteiger partial charge in [-0.2, -0.15) is 9.40 Å². The Morgan fingerprint density at radius 1 is 1.26 bits per heavy atom. The van der Waals surface area contributed by atoms with Gasteiger partial charge in [0.1, 0.15) is 10.7 Å². The summed E-state index contributed by atoms with van der Waals surface area (Å²) in [5.74, 6) is -0.316. The summed E-state index contributed by atoms with van der Waals surface area (Å²) in [4.78, 5) is 0.216. The van der Waals surface area contributed by atoms with E-state index in [1.165, 1.54) is 22.6 Å². The molecule has 2 aromatic rings. The molecule has 1 aliphatic rings. The number of hydrogen-bond donors (Lipinski definition) is 0. The minimum Gasteiger partial charge on any atom is -0.272 e. The van der Waals surface area contributed by atoms with Crippen LogP contribution in [0.25, 0.3) is 0 Å². The van der Waals surface area contributed by atoms with Crippen molar-refractivity contribution in [2.75, 3.05) is 6.54 Å². The van der Waals surface area contributed by atoms with E-state index in [2.05, 4.69) is 5.10 Å². The number of rotatable bonds is 4. The number of aromatic nitrogens is 2. The fourth-order valence-corrected chi connectivity index (χ4v) is 4.63. The molecule has 1 fully saturated rings. The zero-order chi connectivity index (χ0) is 16.4. The Kier molecular flexibility index (Phi) is 4.50. The molecular formula is C16H20FN3O2S. The summed E-state index contributed by atoms with van der Waals surface area (Å²) in [7, 11) is -3.60. The number of nitrogens with zero attached hydrogens (tertiary/aromatic N) is 3. The monoisotopic (exact) mass is 337 g/mol. The summed E-state index contributed by atoms with van der Waals surface area (Å²) >= 11 is 0. The van der Waals surface area contributed by atoms with Gasteiger partial charge in [-0.15, -0.1) is 0 Å². The SMILES string of the molecule is CCn1cc(S(=O)(=O)N2CCCC[C@H]2c2ccc(F)cc2)cn1. The average molecular weight is 337 g/mol. The average Bonchev–Trinajstić information content (AvgIpc) is 3.05. The van der Waals surface area contributed by atoms with E-state index < -0.39 is 10.0 Å². The van der Waals surface area contributed by atoms with Crippen molar-refractivity contribution in [3.63, 3.8) is 0 Å². The van der Waals surface area contributed by atoms with Gasteiger partial charge in [0.2, 0.25) is 10.0 Å². The third-order valence-electron chi connectivity index (χ3n) is 4.25. The minimum atomic E-state index is -3.60. The van der Waals surface area contributed by atoms with Gasteiger partial charge < -0.3 is 0 Å². The molecule has 3 rings (SSSR count). The van der Waals surface area contributed by atoms with Crippen LogP contribution in [0.3, 0.4) is 0 Å². The highest BCUT2D eigenvalue weighted by molar-refractivity contribution is 7.89. The molecule has 0 bridgehead atoms. The van der Waals surface area contributed by atoms with Crippen LogP contribution < -0.4 is 0 Å². The molecule has 0 amide bonds. The van der Waals surface area contributed by atoms with Crippen molar-refractivity contribution >= 4 is 10.0 Å². The second-order valence-corrected chi connectivity index (χ2v) is 7.60. The molecule has 1 aromatic carbocycles. The fourth-order valence-electron chi connectivity index (χ4n) is 3.00. The van der Waals surface area contributed by atoms with E-state index in [1.807, 2.05) is 6.92 Å². The first-order valence-corrected chi connectivity index (χ1v) is 9.26. The Bertz CT molecular complexity index is 771. The summed E-state index contributed by atoms with van der Waals surface area (Å²) in [5, 5.41) is 4.07. The van der Waals surface area contributed by atoms with Crippen molar-refractivity contribution < 1.29 is 12.8 Å². The second kappa shape index (κ2) is 6.41. The quantitative estimate of drug-likeness (QED) is 0.862. The summed E-state index contributed by atoms with van der Waals surface area (Å²) in [6, 6.07) is 5.85. The summed E-state index contributed by atoms with van der Waals surface area (Å²) in [6.45, 7) is 3.00. The maximum atomic E-state index is 13.1. The predicted octanol–water partition coefficient (Wildman–Crippen LogP) is 2.96. The van der Waals surface area contributed by atoms with E-state index in [9.17, 15) is 12.8 Å². The minimum absolute atomic E-state index is 0.216. The molecule has 1 aliphatic heterocycles. The molecule has 1 saturated heterocycles. The third-order valence-corrected chi connectivity index (χ3v) is 6.11. The van der Waals surface area contributed by atoms with E-state index in [0.29, 0.717) is 13.1 Å². The van der Waals surface area contributed by atoms with Crippen LogP contribution in [0.1, 0.15) is 37.8 Å². The van der Waals surface area contributed by atoms with Crippen molar-refractivity contribution in [2.24, 2.45) is 0 Å². The van der Waals surface area contributed by atoms with E-state index in [-0.39, 0.29) is 16.8 Å². The van der Waals surface area contributed by atoms with Crippen LogP contribution >= 0.6 is 0 Å². The number of piperidine rings is 1. The van der Waals surface area contributed by atoms with Gasteiger partial charge >= 0.3 is 0 Å². The van der Waals surface area contributed by atoms with E-state index in [4.69, 9.17) is 0 Å². The number of halogens is 1. The number of sulfonamides is 1. The first kappa shape index (κ1) is 16.1. The molecule has 0 saturated carbocycles. The maximum absolute atomic E-state index is 13.1. The molecule has 1 atom stereocenters. The Morgan fingerprint density at radius 2 is 2.00 bits per heavy atom. The molecule has 0 N–H and O–H groups in total.